The Hall–Kier alpha value is -2.11. The summed E-state index contributed by atoms with van der Waals surface area (Å²) in [7, 11) is 0. The van der Waals surface area contributed by atoms with E-state index in [1.165, 1.54) is 11.8 Å². The molecule has 2 aromatic heterocycles. The van der Waals surface area contributed by atoms with Crippen LogP contribution in [0.2, 0.25) is 5.02 Å². The standard InChI is InChI=1S/C16H11ClN4S/c1-9-11-4-2-3-5-12(11)15(21-20-9)22-16-18-13-7-6-10(17)8-14(13)19-16/h2-8H,1H3,(H,18,19). The molecule has 0 saturated carbocycles. The molecule has 0 saturated heterocycles. The van der Waals surface area contributed by atoms with Crippen LogP contribution >= 0.6 is 23.4 Å². The van der Waals surface area contributed by atoms with Crippen LogP contribution < -0.4 is 0 Å². The molecule has 0 fully saturated rings. The molecular formula is C16H11ClN4S. The SMILES string of the molecule is Cc1nnc(Sc2nc3ccc(Cl)cc3[nH]2)c2ccccc12. The average molecular weight is 327 g/mol. The average Bonchev–Trinajstić information content (AvgIpc) is 2.92. The maximum atomic E-state index is 6.01. The molecule has 4 nitrogen and oxygen atoms in total. The lowest BCUT2D eigenvalue weighted by atomic mass is 10.1. The summed E-state index contributed by atoms with van der Waals surface area (Å²) in [4.78, 5) is 7.82. The van der Waals surface area contributed by atoms with Gasteiger partial charge in [-0.2, -0.15) is 5.10 Å². The number of hydrogen-bond donors (Lipinski definition) is 1. The van der Waals surface area contributed by atoms with E-state index in [9.17, 15) is 0 Å². The molecule has 2 heterocycles. The minimum Gasteiger partial charge on any atom is -0.333 e. The lowest BCUT2D eigenvalue weighted by molar-refractivity contribution is 0.919. The molecule has 0 aliphatic heterocycles. The van der Waals surface area contributed by atoms with Crippen LogP contribution in [-0.4, -0.2) is 20.2 Å². The number of H-pyrrole nitrogens is 1. The van der Waals surface area contributed by atoms with Crippen LogP contribution in [0.15, 0.2) is 52.6 Å². The molecule has 0 spiro atoms. The molecule has 0 unspecified atom stereocenters. The molecule has 1 N–H and O–H groups in total. The maximum absolute atomic E-state index is 6.01. The van der Waals surface area contributed by atoms with E-state index < -0.39 is 0 Å². The second-order valence-electron chi connectivity index (χ2n) is 4.94. The first-order chi connectivity index (χ1) is 10.7. The van der Waals surface area contributed by atoms with Crippen LogP contribution in [0.4, 0.5) is 0 Å². The maximum Gasteiger partial charge on any atom is 0.172 e. The predicted octanol–water partition coefficient (Wildman–Crippen LogP) is 4.62. The fourth-order valence-electron chi connectivity index (χ4n) is 2.39. The monoisotopic (exact) mass is 326 g/mol. The number of nitrogens with zero attached hydrogens (tertiary/aromatic N) is 3. The van der Waals surface area contributed by atoms with Crippen LogP contribution in [0.25, 0.3) is 21.8 Å². The highest BCUT2D eigenvalue weighted by Crippen LogP contribution is 2.32. The molecular weight excluding hydrogens is 316 g/mol. The lowest BCUT2D eigenvalue weighted by Gasteiger charge is -2.04. The smallest absolute Gasteiger partial charge is 0.172 e. The Morgan fingerprint density at radius 1 is 1.05 bits per heavy atom. The quantitative estimate of drug-likeness (QED) is 0.584. The van der Waals surface area contributed by atoms with E-state index in [1.807, 2.05) is 37.3 Å². The van der Waals surface area contributed by atoms with Gasteiger partial charge in [-0.15, -0.1) is 5.10 Å². The molecule has 0 amide bonds. The van der Waals surface area contributed by atoms with Crippen molar-refractivity contribution in [2.24, 2.45) is 0 Å². The van der Waals surface area contributed by atoms with E-state index in [4.69, 9.17) is 11.6 Å². The number of halogens is 1. The number of nitrogens with one attached hydrogen (secondary N) is 1. The first-order valence-electron chi connectivity index (χ1n) is 6.76. The van der Waals surface area contributed by atoms with Crippen molar-refractivity contribution in [1.82, 2.24) is 20.2 Å². The van der Waals surface area contributed by atoms with Crippen molar-refractivity contribution < 1.29 is 0 Å². The fraction of sp³-hybridized carbons (Fsp3) is 0.0625. The summed E-state index contributed by atoms with van der Waals surface area (Å²) in [6, 6.07) is 13.7. The van der Waals surface area contributed by atoms with Crippen LogP contribution in [0.1, 0.15) is 5.69 Å². The number of aromatic amines is 1. The second-order valence-corrected chi connectivity index (χ2v) is 6.36. The van der Waals surface area contributed by atoms with E-state index in [0.29, 0.717) is 5.02 Å². The van der Waals surface area contributed by atoms with Crippen molar-refractivity contribution >= 4 is 45.2 Å². The Kier molecular flexibility index (Phi) is 3.24. The normalized spacial score (nSPS) is 11.4. The van der Waals surface area contributed by atoms with Crippen LogP contribution in [-0.2, 0) is 0 Å². The van der Waals surface area contributed by atoms with Gasteiger partial charge in [-0.1, -0.05) is 35.9 Å². The van der Waals surface area contributed by atoms with Gasteiger partial charge in [0, 0.05) is 15.8 Å². The minimum atomic E-state index is 0.688. The van der Waals surface area contributed by atoms with Crippen LogP contribution in [0.3, 0.4) is 0 Å². The fourth-order valence-corrected chi connectivity index (χ4v) is 3.42. The van der Waals surface area contributed by atoms with Crippen LogP contribution in [0.5, 0.6) is 0 Å². The third kappa shape index (κ3) is 2.32. The topological polar surface area (TPSA) is 54.5 Å². The third-order valence-electron chi connectivity index (χ3n) is 3.45. The summed E-state index contributed by atoms with van der Waals surface area (Å²) in [5.74, 6) is 0. The molecule has 0 aliphatic rings. The Balaban J connectivity index is 1.80. The van der Waals surface area contributed by atoms with Gasteiger partial charge >= 0.3 is 0 Å². The van der Waals surface area contributed by atoms with Crippen molar-refractivity contribution in [2.45, 2.75) is 17.1 Å². The van der Waals surface area contributed by atoms with Crippen molar-refractivity contribution in [3.05, 3.63) is 53.2 Å². The predicted molar refractivity (Wildman–Crippen MR) is 89.5 cm³/mol. The number of aromatic nitrogens is 4. The van der Waals surface area contributed by atoms with Gasteiger partial charge in [-0.05, 0) is 36.9 Å². The number of aryl methyl sites for hydroxylation is 1. The van der Waals surface area contributed by atoms with E-state index in [2.05, 4.69) is 32.3 Å². The molecule has 4 rings (SSSR count). The van der Waals surface area contributed by atoms with Crippen LogP contribution in [0, 0.1) is 6.92 Å². The molecule has 0 atom stereocenters. The molecule has 22 heavy (non-hydrogen) atoms. The lowest BCUT2D eigenvalue weighted by Crippen LogP contribution is -1.92. The molecule has 0 aliphatic carbocycles. The zero-order valence-electron chi connectivity index (χ0n) is 11.7. The first-order valence-corrected chi connectivity index (χ1v) is 7.95. The Morgan fingerprint density at radius 3 is 2.73 bits per heavy atom. The number of imidazole rings is 1. The van der Waals surface area contributed by atoms with Gasteiger partial charge in [0.2, 0.25) is 0 Å². The van der Waals surface area contributed by atoms with Gasteiger partial charge in [0.1, 0.15) is 5.03 Å². The summed E-state index contributed by atoms with van der Waals surface area (Å²) in [6.45, 7) is 1.97. The summed E-state index contributed by atoms with van der Waals surface area (Å²) in [5, 5.41) is 13.1. The number of rotatable bonds is 2. The van der Waals surface area contributed by atoms with Gasteiger partial charge in [-0.3, -0.25) is 0 Å². The van der Waals surface area contributed by atoms with E-state index in [0.717, 1.165) is 37.7 Å². The zero-order valence-corrected chi connectivity index (χ0v) is 13.2. The third-order valence-corrected chi connectivity index (χ3v) is 4.57. The Morgan fingerprint density at radius 2 is 1.86 bits per heavy atom. The largest absolute Gasteiger partial charge is 0.333 e. The number of fused-ring (bicyclic) bond motifs is 2. The molecule has 2 aromatic carbocycles. The molecule has 0 radical (unpaired) electrons. The van der Waals surface area contributed by atoms with Gasteiger partial charge in [0.05, 0.1) is 16.7 Å². The highest BCUT2D eigenvalue weighted by Gasteiger charge is 2.11. The van der Waals surface area contributed by atoms with Crippen molar-refractivity contribution in [3.8, 4) is 0 Å². The van der Waals surface area contributed by atoms with E-state index in [-0.39, 0.29) is 0 Å². The van der Waals surface area contributed by atoms with Crippen molar-refractivity contribution in [1.29, 1.82) is 0 Å². The van der Waals surface area contributed by atoms with Gasteiger partial charge in [0.15, 0.2) is 5.16 Å². The van der Waals surface area contributed by atoms with Crippen molar-refractivity contribution in [3.63, 3.8) is 0 Å². The molecule has 6 heteroatoms. The summed E-state index contributed by atoms with van der Waals surface area (Å²) < 4.78 is 0. The first kappa shape index (κ1) is 13.5. The minimum absolute atomic E-state index is 0.688. The summed E-state index contributed by atoms with van der Waals surface area (Å²) in [6.07, 6.45) is 0. The molecule has 0 bridgehead atoms. The van der Waals surface area contributed by atoms with E-state index in [1.54, 1.807) is 0 Å². The van der Waals surface area contributed by atoms with Gasteiger partial charge in [0.25, 0.3) is 0 Å². The van der Waals surface area contributed by atoms with Gasteiger partial charge in [-0.25, -0.2) is 4.98 Å². The summed E-state index contributed by atoms with van der Waals surface area (Å²) in [5.41, 5.74) is 2.73. The highest BCUT2D eigenvalue weighted by atomic mass is 35.5. The van der Waals surface area contributed by atoms with E-state index >= 15 is 0 Å². The highest BCUT2D eigenvalue weighted by molar-refractivity contribution is 7.99. The number of benzene rings is 2. The molecule has 108 valence electrons. The number of hydrogen-bond acceptors (Lipinski definition) is 4. The Labute approximate surface area is 135 Å². The second kappa shape index (κ2) is 5.26. The van der Waals surface area contributed by atoms with Gasteiger partial charge < -0.3 is 4.98 Å². The molecule has 4 aromatic rings. The summed E-state index contributed by atoms with van der Waals surface area (Å²) >= 11 is 7.48. The Bertz CT molecular complexity index is 996. The zero-order chi connectivity index (χ0) is 15.1. The van der Waals surface area contributed by atoms with Crippen molar-refractivity contribution in [2.75, 3.05) is 0 Å².